The zero-order chi connectivity index (χ0) is 36.1. The van der Waals surface area contributed by atoms with Crippen molar-refractivity contribution < 1.29 is 18.0 Å². The fourth-order valence-corrected chi connectivity index (χ4v) is 8.90. The van der Waals surface area contributed by atoms with Gasteiger partial charge in [-0.15, -0.1) is 11.3 Å². The Morgan fingerprint density at radius 2 is 1.54 bits per heavy atom. The zero-order valence-corrected chi connectivity index (χ0v) is 32.2. The number of piperidine rings is 1. The smallest absolute Gasteiger partial charge is 0.262 e. The van der Waals surface area contributed by atoms with Crippen LogP contribution in [0.25, 0.3) is 11.4 Å². The normalized spacial score (nSPS) is 19.7. The molecular formula is C39H55N5O4S2. The topological polar surface area (TPSA) is 121 Å². The Morgan fingerprint density at radius 3 is 2.10 bits per heavy atom. The van der Waals surface area contributed by atoms with Crippen LogP contribution in [0.15, 0.2) is 48.8 Å². The van der Waals surface area contributed by atoms with E-state index in [1.165, 1.54) is 76.6 Å². The molecule has 1 aliphatic heterocycles. The Labute approximate surface area is 303 Å². The Morgan fingerprint density at radius 1 is 0.920 bits per heavy atom. The first-order valence-corrected chi connectivity index (χ1v) is 20.7. The van der Waals surface area contributed by atoms with Gasteiger partial charge in [0.05, 0.1) is 28.2 Å². The lowest BCUT2D eigenvalue weighted by atomic mass is 9.72. The van der Waals surface area contributed by atoms with Crippen LogP contribution < -0.4 is 14.9 Å². The van der Waals surface area contributed by atoms with Gasteiger partial charge in [0, 0.05) is 30.0 Å². The van der Waals surface area contributed by atoms with E-state index in [0.717, 1.165) is 52.5 Å². The van der Waals surface area contributed by atoms with Crippen LogP contribution in [0.2, 0.25) is 0 Å². The average Bonchev–Trinajstić information content (AvgIpc) is 3.61. The van der Waals surface area contributed by atoms with E-state index in [1.54, 1.807) is 6.07 Å². The van der Waals surface area contributed by atoms with Gasteiger partial charge in [0.1, 0.15) is 6.04 Å². The molecule has 2 aromatic heterocycles. The molecule has 2 aliphatic rings. The molecule has 2 amide bonds. The summed E-state index contributed by atoms with van der Waals surface area (Å²) < 4.78 is 27.2. The molecule has 2 N–H and O–H groups in total. The molecule has 3 aromatic rings. The minimum atomic E-state index is -3.89. The lowest BCUT2D eigenvalue weighted by Gasteiger charge is -2.39. The van der Waals surface area contributed by atoms with E-state index >= 15 is 0 Å². The van der Waals surface area contributed by atoms with Gasteiger partial charge in [0.25, 0.3) is 11.8 Å². The predicted octanol–water partition coefficient (Wildman–Crippen LogP) is 7.52. The van der Waals surface area contributed by atoms with Crippen LogP contribution in [0.1, 0.15) is 113 Å². The monoisotopic (exact) mass is 721 g/mol. The maximum absolute atomic E-state index is 13.3. The van der Waals surface area contributed by atoms with Crippen molar-refractivity contribution in [1.82, 2.24) is 20.0 Å². The number of carbonyl (C=O) groups is 2. The van der Waals surface area contributed by atoms with E-state index in [4.69, 9.17) is 0 Å². The third kappa shape index (κ3) is 9.72. The number of sulfonamides is 1. The van der Waals surface area contributed by atoms with Crippen molar-refractivity contribution in [1.29, 1.82) is 0 Å². The lowest BCUT2D eigenvalue weighted by molar-refractivity contribution is -0.121. The van der Waals surface area contributed by atoms with Crippen LogP contribution >= 0.6 is 11.3 Å². The Kier molecular flexibility index (Phi) is 12.4. The molecule has 0 bridgehead atoms. The first-order chi connectivity index (χ1) is 23.7. The summed E-state index contributed by atoms with van der Waals surface area (Å²) in [6, 6.07) is 10.1. The van der Waals surface area contributed by atoms with Gasteiger partial charge < -0.3 is 10.2 Å². The Bertz CT molecular complexity index is 1680. The molecule has 1 atom stereocenters. The van der Waals surface area contributed by atoms with Crippen LogP contribution in [0.3, 0.4) is 0 Å². The quantitative estimate of drug-likeness (QED) is 0.199. The van der Waals surface area contributed by atoms with Crippen molar-refractivity contribution in [3.63, 3.8) is 0 Å². The molecule has 272 valence electrons. The van der Waals surface area contributed by atoms with Gasteiger partial charge in [0.15, 0.2) is 5.82 Å². The highest BCUT2D eigenvalue weighted by atomic mass is 32.2. The predicted molar refractivity (Wildman–Crippen MR) is 203 cm³/mol. The molecule has 1 saturated carbocycles. The number of rotatable bonds is 12. The number of aromatic nitrogens is 2. The van der Waals surface area contributed by atoms with Crippen LogP contribution in [-0.4, -0.2) is 54.6 Å². The summed E-state index contributed by atoms with van der Waals surface area (Å²) in [6.07, 6.45) is 14.7. The van der Waals surface area contributed by atoms with Crippen LogP contribution in [0.5, 0.6) is 0 Å². The maximum Gasteiger partial charge on any atom is 0.262 e. The van der Waals surface area contributed by atoms with E-state index in [-0.39, 0.29) is 11.8 Å². The van der Waals surface area contributed by atoms with Crippen molar-refractivity contribution in [3.05, 3.63) is 64.1 Å². The van der Waals surface area contributed by atoms with Crippen LogP contribution in [0, 0.1) is 17.8 Å². The third-order valence-corrected chi connectivity index (χ3v) is 13.7. The number of nitrogens with zero attached hydrogens (tertiary/aromatic N) is 3. The van der Waals surface area contributed by atoms with Gasteiger partial charge in [-0.3, -0.25) is 14.3 Å². The number of nitrogens with one attached hydrogen (secondary N) is 2. The van der Waals surface area contributed by atoms with Gasteiger partial charge in [-0.05, 0) is 80.4 Å². The second-order valence-corrected chi connectivity index (χ2v) is 18.9. The number of thiophene rings is 1. The summed E-state index contributed by atoms with van der Waals surface area (Å²) in [4.78, 5) is 39.8. The second-order valence-electron chi connectivity index (χ2n) is 15.6. The molecule has 1 saturated heterocycles. The van der Waals surface area contributed by atoms with Crippen molar-refractivity contribution >= 4 is 38.9 Å². The minimum absolute atomic E-state index is 0.110. The van der Waals surface area contributed by atoms with Crippen molar-refractivity contribution in [2.45, 2.75) is 116 Å². The number of hydrogen-bond donors (Lipinski definition) is 2. The number of hydrogen-bond acceptors (Lipinski definition) is 8. The molecular weight excluding hydrogens is 667 g/mol. The average molecular weight is 722 g/mol. The van der Waals surface area contributed by atoms with Gasteiger partial charge in [-0.1, -0.05) is 77.6 Å². The van der Waals surface area contributed by atoms with Gasteiger partial charge in [0.2, 0.25) is 10.0 Å². The van der Waals surface area contributed by atoms with E-state index < -0.39 is 33.1 Å². The van der Waals surface area contributed by atoms with Crippen LogP contribution in [-0.2, 0) is 26.7 Å². The summed E-state index contributed by atoms with van der Waals surface area (Å²) in [7, 11) is -3.89. The molecule has 0 spiro atoms. The van der Waals surface area contributed by atoms with Gasteiger partial charge in [-0.25, -0.2) is 18.4 Å². The molecule has 0 radical (unpaired) electrons. The number of amides is 2. The first kappa shape index (κ1) is 37.9. The minimum Gasteiger partial charge on any atom is -0.369 e. The number of anilines is 1. The van der Waals surface area contributed by atoms with Crippen LogP contribution in [0.4, 0.5) is 5.69 Å². The van der Waals surface area contributed by atoms with E-state index in [1.807, 2.05) is 42.7 Å². The summed E-state index contributed by atoms with van der Waals surface area (Å²) in [5.41, 5.74) is 2.52. The summed E-state index contributed by atoms with van der Waals surface area (Å²) in [5.74, 6) is 2.10. The van der Waals surface area contributed by atoms with Crippen molar-refractivity contribution in [2.24, 2.45) is 17.8 Å². The number of benzene rings is 1. The second kappa shape index (κ2) is 16.4. The summed E-state index contributed by atoms with van der Waals surface area (Å²) in [6.45, 7) is 13.6. The summed E-state index contributed by atoms with van der Waals surface area (Å²) in [5, 5.41) is 1.99. The largest absolute Gasteiger partial charge is 0.369 e. The lowest BCUT2D eigenvalue weighted by Crippen LogP contribution is -2.50. The molecule has 1 aliphatic carbocycles. The van der Waals surface area contributed by atoms with E-state index in [9.17, 15) is 18.0 Å². The SMILES string of the molecule is CCC[C@H]1CC[C@H](C2CCN(c3cnc(-c4ccc(CC(NC(=O)c5ccc(C(C)(C)C)s5)C(=O)NS(=O)(=O)C(C)C)cc4)nc3)CC2)CC1. The first-order valence-electron chi connectivity index (χ1n) is 18.4. The van der Waals surface area contributed by atoms with E-state index in [0.29, 0.717) is 10.7 Å². The molecule has 2 fully saturated rings. The van der Waals surface area contributed by atoms with Crippen molar-refractivity contribution in [2.75, 3.05) is 18.0 Å². The molecule has 5 rings (SSSR count). The molecule has 1 aromatic carbocycles. The van der Waals surface area contributed by atoms with Gasteiger partial charge in [-0.2, -0.15) is 0 Å². The van der Waals surface area contributed by atoms with Gasteiger partial charge >= 0.3 is 0 Å². The standard InChI is InChI=1S/C39H55N5O4S2/c1-7-8-27-9-13-29(14-10-27)30-19-21-44(22-20-30)32-24-40-36(41-25-32)31-15-11-28(12-16-31)23-33(37(45)43-50(47,48)26(2)3)42-38(46)34-17-18-35(49-34)39(4,5)6/h11-12,15-18,24-27,29-30,33H,7-10,13-14,19-23H2,1-6H3,(H,42,46)(H,43,45)/t27-,29-,33?. The summed E-state index contributed by atoms with van der Waals surface area (Å²) >= 11 is 1.36. The molecule has 3 heterocycles. The number of carbonyl (C=O) groups excluding carboxylic acids is 2. The highest BCUT2D eigenvalue weighted by Crippen LogP contribution is 2.39. The molecule has 11 heteroatoms. The van der Waals surface area contributed by atoms with Crippen molar-refractivity contribution in [3.8, 4) is 11.4 Å². The molecule has 1 unspecified atom stereocenters. The molecule has 50 heavy (non-hydrogen) atoms. The zero-order valence-electron chi connectivity index (χ0n) is 30.6. The Balaban J connectivity index is 1.20. The fourth-order valence-electron chi connectivity index (χ4n) is 7.28. The maximum atomic E-state index is 13.3. The fraction of sp³-hybridized carbons (Fsp3) is 0.590. The molecule has 9 nitrogen and oxygen atoms in total. The Hall–Kier alpha value is -3.31. The third-order valence-electron chi connectivity index (χ3n) is 10.5. The highest BCUT2D eigenvalue weighted by molar-refractivity contribution is 7.90. The van der Waals surface area contributed by atoms with E-state index in [2.05, 4.69) is 52.6 Å². The highest BCUT2D eigenvalue weighted by Gasteiger charge is 2.31.